The first-order chi connectivity index (χ1) is 8.97. The van der Waals surface area contributed by atoms with Crippen molar-refractivity contribution in [2.75, 3.05) is 26.0 Å². The van der Waals surface area contributed by atoms with E-state index in [1.165, 1.54) is 37.8 Å². The molecule has 104 valence electrons. The van der Waals surface area contributed by atoms with Crippen LogP contribution in [0.15, 0.2) is 24.3 Å². The summed E-state index contributed by atoms with van der Waals surface area (Å²) in [6.45, 7) is 0.432. The molecule has 1 amide bonds. The fourth-order valence-electron chi connectivity index (χ4n) is 2.87. The number of quaternary nitrogens is 1. The number of benzene rings is 1. The Kier molecular flexibility index (Phi) is 4.20. The van der Waals surface area contributed by atoms with Crippen molar-refractivity contribution in [2.24, 2.45) is 0 Å². The lowest BCUT2D eigenvalue weighted by molar-refractivity contribution is -0.906. The SMILES string of the molecule is C[N+](C)(CC(=O)Nc1cccc(F)c1)C1CCCC1. The fourth-order valence-corrected chi connectivity index (χ4v) is 2.87. The van der Waals surface area contributed by atoms with E-state index in [2.05, 4.69) is 19.4 Å². The zero-order chi connectivity index (χ0) is 13.9. The quantitative estimate of drug-likeness (QED) is 0.833. The molecule has 1 N–H and O–H groups in total. The summed E-state index contributed by atoms with van der Waals surface area (Å²) in [7, 11) is 4.20. The lowest BCUT2D eigenvalue weighted by Gasteiger charge is -2.35. The van der Waals surface area contributed by atoms with Gasteiger partial charge in [0.2, 0.25) is 0 Å². The number of halogens is 1. The first-order valence-corrected chi connectivity index (χ1v) is 6.85. The zero-order valence-electron chi connectivity index (χ0n) is 11.7. The van der Waals surface area contributed by atoms with E-state index < -0.39 is 0 Å². The van der Waals surface area contributed by atoms with E-state index in [-0.39, 0.29) is 11.7 Å². The molecule has 0 saturated heterocycles. The number of carbonyl (C=O) groups excluding carboxylic acids is 1. The molecule has 0 unspecified atom stereocenters. The average molecular weight is 265 g/mol. The van der Waals surface area contributed by atoms with E-state index in [4.69, 9.17) is 0 Å². The van der Waals surface area contributed by atoms with Crippen LogP contribution in [0.4, 0.5) is 10.1 Å². The molecular weight excluding hydrogens is 243 g/mol. The van der Waals surface area contributed by atoms with E-state index in [0.717, 1.165) is 0 Å². The molecule has 0 spiro atoms. The number of likely N-dealkylation sites (N-methyl/N-ethyl adjacent to an activating group) is 1. The van der Waals surface area contributed by atoms with Crippen molar-refractivity contribution in [1.29, 1.82) is 0 Å². The van der Waals surface area contributed by atoms with Gasteiger partial charge in [0, 0.05) is 5.69 Å². The molecule has 0 atom stereocenters. The van der Waals surface area contributed by atoms with Gasteiger partial charge in [-0.1, -0.05) is 6.07 Å². The van der Waals surface area contributed by atoms with Crippen molar-refractivity contribution in [3.63, 3.8) is 0 Å². The van der Waals surface area contributed by atoms with Crippen LogP contribution in [-0.4, -0.2) is 37.1 Å². The van der Waals surface area contributed by atoms with Crippen LogP contribution in [0.1, 0.15) is 25.7 Å². The van der Waals surface area contributed by atoms with Crippen molar-refractivity contribution in [3.8, 4) is 0 Å². The maximum absolute atomic E-state index is 13.0. The molecule has 0 heterocycles. The second-order valence-electron chi connectivity index (χ2n) is 5.93. The van der Waals surface area contributed by atoms with Crippen molar-refractivity contribution in [1.82, 2.24) is 0 Å². The minimum atomic E-state index is -0.331. The van der Waals surface area contributed by atoms with Crippen LogP contribution in [0.5, 0.6) is 0 Å². The number of nitrogens with one attached hydrogen (secondary N) is 1. The third kappa shape index (κ3) is 3.77. The molecule has 1 saturated carbocycles. The molecule has 1 fully saturated rings. The third-order valence-electron chi connectivity index (χ3n) is 3.97. The summed E-state index contributed by atoms with van der Waals surface area (Å²) in [5.74, 6) is -0.384. The van der Waals surface area contributed by atoms with Gasteiger partial charge in [-0.25, -0.2) is 4.39 Å². The number of hydrogen-bond donors (Lipinski definition) is 1. The second-order valence-corrected chi connectivity index (χ2v) is 5.93. The first-order valence-electron chi connectivity index (χ1n) is 6.85. The van der Waals surface area contributed by atoms with Crippen molar-refractivity contribution in [2.45, 2.75) is 31.7 Å². The maximum atomic E-state index is 13.0. The molecule has 1 aliphatic rings. The molecular formula is C15H22FN2O+. The molecule has 0 bridgehead atoms. The van der Waals surface area contributed by atoms with Gasteiger partial charge in [0.1, 0.15) is 5.82 Å². The van der Waals surface area contributed by atoms with Gasteiger partial charge >= 0.3 is 0 Å². The fraction of sp³-hybridized carbons (Fsp3) is 0.533. The zero-order valence-corrected chi connectivity index (χ0v) is 11.7. The van der Waals surface area contributed by atoms with Crippen molar-refractivity contribution in [3.05, 3.63) is 30.1 Å². The number of rotatable bonds is 4. The van der Waals surface area contributed by atoms with Crippen molar-refractivity contribution >= 4 is 11.6 Å². The predicted molar refractivity (Wildman–Crippen MR) is 74.3 cm³/mol. The van der Waals surface area contributed by atoms with Crippen LogP contribution in [0.3, 0.4) is 0 Å². The topological polar surface area (TPSA) is 29.1 Å². The van der Waals surface area contributed by atoms with Crippen LogP contribution < -0.4 is 5.32 Å². The molecule has 3 nitrogen and oxygen atoms in total. The highest BCUT2D eigenvalue weighted by atomic mass is 19.1. The largest absolute Gasteiger partial charge is 0.321 e. The Morgan fingerprint density at radius 1 is 1.37 bits per heavy atom. The highest BCUT2D eigenvalue weighted by molar-refractivity contribution is 5.91. The van der Waals surface area contributed by atoms with Crippen LogP contribution >= 0.6 is 0 Å². The maximum Gasteiger partial charge on any atom is 0.279 e. The van der Waals surface area contributed by atoms with Crippen LogP contribution in [-0.2, 0) is 4.79 Å². The van der Waals surface area contributed by atoms with Gasteiger partial charge in [-0.15, -0.1) is 0 Å². The van der Waals surface area contributed by atoms with Gasteiger partial charge < -0.3 is 9.80 Å². The minimum absolute atomic E-state index is 0.0532. The van der Waals surface area contributed by atoms with E-state index in [1.807, 2.05) is 0 Å². The Labute approximate surface area is 114 Å². The molecule has 2 rings (SSSR count). The second kappa shape index (κ2) is 5.70. The first kappa shape index (κ1) is 14.0. The molecule has 1 aromatic carbocycles. The van der Waals surface area contributed by atoms with Crippen molar-refractivity contribution < 1.29 is 13.7 Å². The summed E-state index contributed by atoms with van der Waals surface area (Å²) in [4.78, 5) is 12.0. The molecule has 19 heavy (non-hydrogen) atoms. The normalized spacial score (nSPS) is 16.6. The number of anilines is 1. The number of hydrogen-bond acceptors (Lipinski definition) is 1. The lowest BCUT2D eigenvalue weighted by atomic mass is 10.2. The van der Waals surface area contributed by atoms with Crippen LogP contribution in [0.25, 0.3) is 0 Å². The highest BCUT2D eigenvalue weighted by Crippen LogP contribution is 2.26. The Morgan fingerprint density at radius 2 is 2.05 bits per heavy atom. The summed E-state index contributed by atoms with van der Waals surface area (Å²) < 4.78 is 13.8. The lowest BCUT2D eigenvalue weighted by Crippen LogP contribution is -2.51. The highest BCUT2D eigenvalue weighted by Gasteiger charge is 2.32. The van der Waals surface area contributed by atoms with Gasteiger partial charge in [-0.2, -0.15) is 0 Å². The van der Waals surface area contributed by atoms with Crippen LogP contribution in [0.2, 0.25) is 0 Å². The van der Waals surface area contributed by atoms with Gasteiger partial charge in [0.25, 0.3) is 5.91 Å². The monoisotopic (exact) mass is 265 g/mol. The average Bonchev–Trinajstić information content (AvgIpc) is 2.81. The van der Waals surface area contributed by atoms with Gasteiger partial charge in [-0.05, 0) is 43.9 Å². The number of carbonyl (C=O) groups is 1. The molecule has 0 aromatic heterocycles. The molecule has 4 heteroatoms. The molecule has 0 radical (unpaired) electrons. The Balaban J connectivity index is 1.93. The van der Waals surface area contributed by atoms with E-state index >= 15 is 0 Å². The minimum Gasteiger partial charge on any atom is -0.321 e. The standard InChI is InChI=1S/C15H21FN2O/c1-18(2,14-8-3-4-9-14)11-15(19)17-13-7-5-6-12(16)10-13/h5-7,10,14H,3-4,8-9,11H2,1-2H3/p+1. The predicted octanol–water partition coefficient (Wildman–Crippen LogP) is 2.78. The van der Waals surface area contributed by atoms with E-state index in [0.29, 0.717) is 22.8 Å². The van der Waals surface area contributed by atoms with E-state index in [9.17, 15) is 9.18 Å². The van der Waals surface area contributed by atoms with Gasteiger partial charge in [0.05, 0.1) is 20.1 Å². The van der Waals surface area contributed by atoms with Gasteiger partial charge in [-0.3, -0.25) is 4.79 Å². The smallest absolute Gasteiger partial charge is 0.279 e. The van der Waals surface area contributed by atoms with Gasteiger partial charge in [0.15, 0.2) is 6.54 Å². The molecule has 1 aromatic rings. The van der Waals surface area contributed by atoms with Crippen LogP contribution in [0, 0.1) is 5.82 Å². The summed E-state index contributed by atoms with van der Waals surface area (Å²) in [6.07, 6.45) is 4.91. The molecule has 0 aliphatic heterocycles. The Hall–Kier alpha value is -1.42. The summed E-state index contributed by atoms with van der Waals surface area (Å²) in [5.41, 5.74) is 0.524. The molecule has 1 aliphatic carbocycles. The van der Waals surface area contributed by atoms with E-state index in [1.54, 1.807) is 12.1 Å². The summed E-state index contributed by atoms with van der Waals surface area (Å²) in [5, 5.41) is 2.77. The summed E-state index contributed by atoms with van der Waals surface area (Å²) >= 11 is 0. The third-order valence-corrected chi connectivity index (χ3v) is 3.97. The Morgan fingerprint density at radius 3 is 2.68 bits per heavy atom. The number of nitrogens with zero attached hydrogens (tertiary/aromatic N) is 1. The Bertz CT molecular complexity index is 453. The number of amides is 1. The summed E-state index contributed by atoms with van der Waals surface area (Å²) in [6, 6.07) is 6.58.